The fraction of sp³-hybridized carbons (Fsp3) is 0.300. The summed E-state index contributed by atoms with van der Waals surface area (Å²) in [6.07, 6.45) is 3.83. The number of unbranched alkanes of at least 4 members (excludes halogenated alkanes) is 2. The number of hydrogen-bond donors (Lipinski definition) is 0. The smallest absolute Gasteiger partial charge is 0.228 e. The molecule has 0 aliphatic carbocycles. The number of para-hydroxylation sites is 2. The Morgan fingerprint density at radius 3 is 2.41 bits per heavy atom. The van der Waals surface area contributed by atoms with Crippen molar-refractivity contribution >= 4 is 20.9 Å². The number of fused-ring (bicyclic) bond motifs is 1. The van der Waals surface area contributed by atoms with E-state index in [9.17, 15) is 8.42 Å². The highest BCUT2D eigenvalue weighted by atomic mass is 32.2. The lowest BCUT2D eigenvalue weighted by Crippen LogP contribution is -2.10. The minimum Gasteiger partial charge on any atom is -0.315 e. The van der Waals surface area contributed by atoms with Gasteiger partial charge < -0.3 is 4.57 Å². The Bertz CT molecular complexity index is 1210. The first-order chi connectivity index (χ1) is 14.0. The molecule has 29 heavy (non-hydrogen) atoms. The lowest BCUT2D eigenvalue weighted by atomic mass is 10.2. The molecule has 0 fully saturated rings. The van der Waals surface area contributed by atoms with E-state index in [1.165, 1.54) is 6.26 Å². The quantitative estimate of drug-likeness (QED) is 0.415. The van der Waals surface area contributed by atoms with Gasteiger partial charge >= 0.3 is 0 Å². The van der Waals surface area contributed by atoms with Gasteiger partial charge in [-0.15, -0.1) is 10.2 Å². The maximum atomic E-state index is 12.1. The van der Waals surface area contributed by atoms with E-state index in [2.05, 4.69) is 20.4 Å². The van der Waals surface area contributed by atoms with Gasteiger partial charge in [0.05, 0.1) is 17.6 Å². The molecule has 0 saturated carbocycles. The van der Waals surface area contributed by atoms with Crippen LogP contribution in [0, 0.1) is 0 Å². The maximum absolute atomic E-state index is 12.1. The predicted molar refractivity (Wildman–Crippen MR) is 110 cm³/mol. The van der Waals surface area contributed by atoms with E-state index in [1.54, 1.807) is 9.36 Å². The Morgan fingerprint density at radius 2 is 1.62 bits per heavy atom. The molecule has 8 nitrogen and oxygen atoms in total. The molecule has 0 unspecified atom stereocenters. The van der Waals surface area contributed by atoms with Crippen molar-refractivity contribution in [1.82, 2.24) is 29.8 Å². The van der Waals surface area contributed by atoms with Crippen LogP contribution in [0.25, 0.3) is 22.4 Å². The monoisotopic (exact) mass is 410 g/mol. The largest absolute Gasteiger partial charge is 0.315 e. The SMILES string of the molecule is CS(=O)(=O)c1nc2ccccc2n1CCCCCn1nnc(-c2ccccc2)n1. The summed E-state index contributed by atoms with van der Waals surface area (Å²) in [6, 6.07) is 17.2. The van der Waals surface area contributed by atoms with E-state index in [1.807, 2.05) is 54.6 Å². The van der Waals surface area contributed by atoms with Crippen LogP contribution in [0.4, 0.5) is 0 Å². The summed E-state index contributed by atoms with van der Waals surface area (Å²) in [5.74, 6) is 0.619. The van der Waals surface area contributed by atoms with Crippen molar-refractivity contribution in [2.75, 3.05) is 6.26 Å². The van der Waals surface area contributed by atoms with Gasteiger partial charge in [-0.2, -0.15) is 4.80 Å². The van der Waals surface area contributed by atoms with Gasteiger partial charge in [0, 0.05) is 18.4 Å². The number of benzene rings is 2. The third kappa shape index (κ3) is 4.34. The van der Waals surface area contributed by atoms with Crippen LogP contribution in [0.1, 0.15) is 19.3 Å². The molecule has 150 valence electrons. The van der Waals surface area contributed by atoms with Crippen molar-refractivity contribution in [3.8, 4) is 11.4 Å². The van der Waals surface area contributed by atoms with E-state index >= 15 is 0 Å². The zero-order valence-corrected chi connectivity index (χ0v) is 17.0. The van der Waals surface area contributed by atoms with Crippen LogP contribution in [0.5, 0.6) is 0 Å². The van der Waals surface area contributed by atoms with E-state index < -0.39 is 9.84 Å². The second kappa shape index (κ2) is 8.12. The summed E-state index contributed by atoms with van der Waals surface area (Å²) in [4.78, 5) is 5.91. The topological polar surface area (TPSA) is 95.6 Å². The van der Waals surface area contributed by atoms with Gasteiger partial charge in [0.25, 0.3) is 0 Å². The second-order valence-electron chi connectivity index (χ2n) is 6.94. The third-order valence-electron chi connectivity index (χ3n) is 4.68. The molecule has 4 aromatic rings. The van der Waals surface area contributed by atoms with Gasteiger partial charge in [0.1, 0.15) is 0 Å². The third-order valence-corrected chi connectivity index (χ3v) is 5.65. The molecule has 2 aromatic carbocycles. The highest BCUT2D eigenvalue weighted by Gasteiger charge is 2.18. The molecule has 0 spiro atoms. The molecule has 0 aliphatic rings. The van der Waals surface area contributed by atoms with Gasteiger partial charge in [-0.05, 0) is 36.6 Å². The number of tetrazole rings is 1. The molecular weight excluding hydrogens is 388 g/mol. The lowest BCUT2D eigenvalue weighted by Gasteiger charge is -2.08. The standard InChI is InChI=1S/C20H22N6O2S/c1-29(27,28)20-21-17-12-6-7-13-18(17)25(20)14-8-3-9-15-26-23-19(22-24-26)16-10-4-2-5-11-16/h2,4-7,10-13H,3,8-9,14-15H2,1H3. The number of sulfone groups is 1. The first-order valence-corrected chi connectivity index (χ1v) is 11.4. The summed E-state index contributed by atoms with van der Waals surface area (Å²) >= 11 is 0. The summed E-state index contributed by atoms with van der Waals surface area (Å²) in [7, 11) is -3.39. The molecule has 0 bridgehead atoms. The highest BCUT2D eigenvalue weighted by Crippen LogP contribution is 2.20. The molecule has 0 aliphatic heterocycles. The van der Waals surface area contributed by atoms with Gasteiger partial charge in [-0.25, -0.2) is 13.4 Å². The molecule has 0 amide bonds. The lowest BCUT2D eigenvalue weighted by molar-refractivity contribution is 0.466. The number of imidazole rings is 1. The molecular formula is C20H22N6O2S. The predicted octanol–water partition coefficient (Wildman–Crippen LogP) is 2.96. The van der Waals surface area contributed by atoms with Gasteiger partial charge in [-0.3, -0.25) is 0 Å². The minimum absolute atomic E-state index is 0.129. The Hall–Kier alpha value is -3.07. The Labute approximate surface area is 169 Å². The van der Waals surface area contributed by atoms with Crippen molar-refractivity contribution in [1.29, 1.82) is 0 Å². The Morgan fingerprint density at radius 1 is 0.897 bits per heavy atom. The molecule has 0 N–H and O–H groups in total. The summed E-state index contributed by atoms with van der Waals surface area (Å²) in [5.41, 5.74) is 2.49. The Kier molecular flexibility index (Phi) is 5.39. The van der Waals surface area contributed by atoms with Crippen molar-refractivity contribution in [2.24, 2.45) is 0 Å². The fourth-order valence-corrected chi connectivity index (χ4v) is 4.15. The second-order valence-corrected chi connectivity index (χ2v) is 8.85. The van der Waals surface area contributed by atoms with Crippen molar-refractivity contribution in [3.63, 3.8) is 0 Å². The molecule has 0 atom stereocenters. The fourth-order valence-electron chi connectivity index (χ4n) is 3.29. The van der Waals surface area contributed by atoms with E-state index in [-0.39, 0.29) is 5.16 Å². The molecule has 9 heteroatoms. The van der Waals surface area contributed by atoms with Crippen LogP contribution < -0.4 is 0 Å². The highest BCUT2D eigenvalue weighted by molar-refractivity contribution is 7.90. The van der Waals surface area contributed by atoms with Crippen molar-refractivity contribution in [2.45, 2.75) is 37.5 Å². The van der Waals surface area contributed by atoms with Gasteiger partial charge in [0.15, 0.2) is 0 Å². The molecule has 0 saturated heterocycles. The van der Waals surface area contributed by atoms with Crippen LogP contribution in [0.2, 0.25) is 0 Å². The van der Waals surface area contributed by atoms with E-state index in [0.29, 0.717) is 24.4 Å². The normalized spacial score (nSPS) is 11.9. The summed E-state index contributed by atoms with van der Waals surface area (Å²) in [6.45, 7) is 1.27. The number of nitrogens with zero attached hydrogens (tertiary/aromatic N) is 6. The number of aryl methyl sites for hydroxylation is 2. The molecule has 2 heterocycles. The molecule has 2 aromatic heterocycles. The Balaban J connectivity index is 1.35. The van der Waals surface area contributed by atoms with Gasteiger partial charge in [-0.1, -0.05) is 42.5 Å². The summed E-state index contributed by atoms with van der Waals surface area (Å²) < 4.78 is 26.0. The summed E-state index contributed by atoms with van der Waals surface area (Å²) in [5, 5.41) is 12.8. The van der Waals surface area contributed by atoms with E-state index in [0.717, 1.165) is 30.3 Å². The first-order valence-electron chi connectivity index (χ1n) is 9.51. The van der Waals surface area contributed by atoms with Crippen molar-refractivity contribution < 1.29 is 8.42 Å². The number of aromatic nitrogens is 6. The van der Waals surface area contributed by atoms with Crippen LogP contribution in [0.3, 0.4) is 0 Å². The first kappa shape index (κ1) is 19.3. The van der Waals surface area contributed by atoms with E-state index in [4.69, 9.17) is 0 Å². The molecule has 4 rings (SSSR count). The van der Waals surface area contributed by atoms with Crippen LogP contribution in [-0.4, -0.2) is 44.4 Å². The average Bonchev–Trinajstić information content (AvgIpc) is 3.33. The van der Waals surface area contributed by atoms with Gasteiger partial charge in [0.2, 0.25) is 20.8 Å². The van der Waals surface area contributed by atoms with Crippen LogP contribution in [0.15, 0.2) is 59.8 Å². The number of hydrogen-bond acceptors (Lipinski definition) is 6. The number of rotatable bonds is 8. The minimum atomic E-state index is -3.39. The van der Waals surface area contributed by atoms with Crippen molar-refractivity contribution in [3.05, 3.63) is 54.6 Å². The zero-order valence-electron chi connectivity index (χ0n) is 16.1. The molecule has 0 radical (unpaired) electrons. The van der Waals surface area contributed by atoms with Crippen LogP contribution >= 0.6 is 0 Å². The maximum Gasteiger partial charge on any atom is 0.228 e. The zero-order chi connectivity index (χ0) is 20.3. The van der Waals surface area contributed by atoms with Crippen LogP contribution in [-0.2, 0) is 22.9 Å². The average molecular weight is 411 g/mol.